The summed E-state index contributed by atoms with van der Waals surface area (Å²) in [4.78, 5) is 0. The first-order valence-electron chi connectivity index (χ1n) is 7.97. The normalized spacial score (nSPS) is 29.4. The summed E-state index contributed by atoms with van der Waals surface area (Å²) in [5.74, 6) is 0.874. The summed E-state index contributed by atoms with van der Waals surface area (Å²) in [6, 6.07) is 14.2. The average Bonchev–Trinajstić information content (AvgIpc) is 3.10. The van der Waals surface area contributed by atoms with Gasteiger partial charge in [-0.2, -0.15) is 0 Å². The molecule has 3 aromatic carbocycles. The van der Waals surface area contributed by atoms with Crippen LogP contribution in [0.15, 0.2) is 42.5 Å². The summed E-state index contributed by atoms with van der Waals surface area (Å²) in [5, 5.41) is 25.0. The van der Waals surface area contributed by atoms with Crippen molar-refractivity contribution in [1.29, 1.82) is 0 Å². The lowest BCUT2D eigenvalue weighted by molar-refractivity contribution is 0.140. The molecule has 3 atom stereocenters. The fourth-order valence-corrected chi connectivity index (χ4v) is 4.68. The minimum atomic E-state index is -0.247. The summed E-state index contributed by atoms with van der Waals surface area (Å²) in [6.45, 7) is 2.24. The van der Waals surface area contributed by atoms with Crippen molar-refractivity contribution in [2.24, 2.45) is 5.92 Å². The number of fused-ring (bicyclic) bond motifs is 6. The van der Waals surface area contributed by atoms with Crippen molar-refractivity contribution >= 4 is 21.5 Å². The third-order valence-electron chi connectivity index (χ3n) is 5.97. The number of benzene rings is 3. The molecule has 0 heterocycles. The van der Waals surface area contributed by atoms with Gasteiger partial charge in [-0.15, -0.1) is 0 Å². The van der Waals surface area contributed by atoms with Crippen LogP contribution in [0.5, 0.6) is 5.75 Å². The van der Waals surface area contributed by atoms with Crippen LogP contribution in [-0.2, 0) is 11.8 Å². The lowest BCUT2D eigenvalue weighted by Gasteiger charge is -2.15. The molecule has 5 rings (SSSR count). The second-order valence-electron chi connectivity index (χ2n) is 7.02. The largest absolute Gasteiger partial charge is 0.508 e. The second kappa shape index (κ2) is 3.82. The van der Waals surface area contributed by atoms with Crippen LogP contribution in [-0.4, -0.2) is 16.3 Å². The molecule has 2 N–H and O–H groups in total. The zero-order valence-electron chi connectivity index (χ0n) is 12.5. The van der Waals surface area contributed by atoms with Gasteiger partial charge in [-0.1, -0.05) is 37.3 Å². The first-order chi connectivity index (χ1) is 10.6. The summed E-state index contributed by atoms with van der Waals surface area (Å²) in [7, 11) is 0. The SMILES string of the molecule is C[C@H]1C[C@]12c1ccc3c(ccc4ccc(O)cc43)c1C[C@H]2O. The van der Waals surface area contributed by atoms with Gasteiger partial charge in [0.15, 0.2) is 0 Å². The Balaban J connectivity index is 1.86. The minimum absolute atomic E-state index is 0.0112. The molecule has 1 saturated carbocycles. The predicted octanol–water partition coefficient (Wildman–Crippen LogP) is 3.89. The minimum Gasteiger partial charge on any atom is -0.508 e. The van der Waals surface area contributed by atoms with Gasteiger partial charge in [0, 0.05) is 11.8 Å². The van der Waals surface area contributed by atoms with E-state index in [0.29, 0.717) is 11.7 Å². The van der Waals surface area contributed by atoms with Crippen molar-refractivity contribution in [3.8, 4) is 5.75 Å². The molecule has 3 aromatic rings. The van der Waals surface area contributed by atoms with Crippen LogP contribution in [0.3, 0.4) is 0 Å². The van der Waals surface area contributed by atoms with E-state index in [1.165, 1.54) is 21.9 Å². The second-order valence-corrected chi connectivity index (χ2v) is 7.02. The molecule has 2 aliphatic rings. The highest BCUT2D eigenvalue weighted by atomic mass is 16.3. The smallest absolute Gasteiger partial charge is 0.116 e. The number of aliphatic hydroxyl groups excluding tert-OH is 1. The van der Waals surface area contributed by atoms with E-state index >= 15 is 0 Å². The number of hydrogen-bond acceptors (Lipinski definition) is 2. The Morgan fingerprint density at radius 3 is 2.50 bits per heavy atom. The highest BCUT2D eigenvalue weighted by Gasteiger charge is 2.61. The van der Waals surface area contributed by atoms with E-state index in [9.17, 15) is 10.2 Å². The van der Waals surface area contributed by atoms with E-state index in [0.717, 1.165) is 23.6 Å². The van der Waals surface area contributed by atoms with Crippen LogP contribution >= 0.6 is 0 Å². The molecule has 0 bridgehead atoms. The van der Waals surface area contributed by atoms with Gasteiger partial charge < -0.3 is 10.2 Å². The van der Waals surface area contributed by atoms with Gasteiger partial charge in [-0.05, 0) is 57.1 Å². The summed E-state index contributed by atoms with van der Waals surface area (Å²) < 4.78 is 0. The standard InChI is InChI=1S/C20H18O2/c1-11-10-20(11)18-7-6-14-15(17(18)9-19(20)22)5-3-12-2-4-13(21)8-16(12)14/h2-8,11,19,21-22H,9-10H2,1H3/t11-,19+,20+/m0/s1. The van der Waals surface area contributed by atoms with Crippen molar-refractivity contribution in [3.05, 3.63) is 53.6 Å². The quantitative estimate of drug-likeness (QED) is 0.617. The van der Waals surface area contributed by atoms with Crippen LogP contribution in [0.1, 0.15) is 24.5 Å². The Morgan fingerprint density at radius 1 is 1.00 bits per heavy atom. The van der Waals surface area contributed by atoms with Gasteiger partial charge in [-0.3, -0.25) is 0 Å². The molecule has 0 unspecified atom stereocenters. The van der Waals surface area contributed by atoms with E-state index in [-0.39, 0.29) is 11.5 Å². The molecule has 2 nitrogen and oxygen atoms in total. The van der Waals surface area contributed by atoms with Crippen LogP contribution in [0, 0.1) is 5.92 Å². The Kier molecular flexibility index (Phi) is 2.17. The molecule has 2 aliphatic carbocycles. The van der Waals surface area contributed by atoms with E-state index in [2.05, 4.69) is 31.2 Å². The lowest BCUT2D eigenvalue weighted by Crippen LogP contribution is -2.22. The highest BCUT2D eigenvalue weighted by molar-refractivity contribution is 6.09. The van der Waals surface area contributed by atoms with Crippen LogP contribution in [0.2, 0.25) is 0 Å². The van der Waals surface area contributed by atoms with Crippen LogP contribution < -0.4 is 0 Å². The van der Waals surface area contributed by atoms with Gasteiger partial charge in [0.2, 0.25) is 0 Å². The molecule has 22 heavy (non-hydrogen) atoms. The summed E-state index contributed by atoms with van der Waals surface area (Å²) >= 11 is 0. The molecule has 0 saturated heterocycles. The number of phenols is 1. The maximum atomic E-state index is 10.6. The van der Waals surface area contributed by atoms with Crippen molar-refractivity contribution < 1.29 is 10.2 Å². The zero-order chi connectivity index (χ0) is 15.1. The van der Waals surface area contributed by atoms with E-state index < -0.39 is 0 Å². The molecule has 0 radical (unpaired) electrons. The first-order valence-corrected chi connectivity index (χ1v) is 7.97. The van der Waals surface area contributed by atoms with E-state index in [1.54, 1.807) is 6.07 Å². The van der Waals surface area contributed by atoms with Gasteiger partial charge in [0.25, 0.3) is 0 Å². The van der Waals surface area contributed by atoms with Crippen molar-refractivity contribution in [2.75, 3.05) is 0 Å². The van der Waals surface area contributed by atoms with E-state index in [1.807, 2.05) is 12.1 Å². The average molecular weight is 290 g/mol. The number of hydrogen-bond donors (Lipinski definition) is 2. The molecule has 1 spiro atoms. The lowest BCUT2D eigenvalue weighted by atomic mass is 9.91. The third-order valence-corrected chi connectivity index (χ3v) is 5.97. The zero-order valence-corrected chi connectivity index (χ0v) is 12.5. The molecular formula is C20H18O2. The fourth-order valence-electron chi connectivity index (χ4n) is 4.68. The van der Waals surface area contributed by atoms with Gasteiger partial charge in [-0.25, -0.2) is 0 Å². The topological polar surface area (TPSA) is 40.5 Å². The predicted molar refractivity (Wildman–Crippen MR) is 88.3 cm³/mol. The Morgan fingerprint density at radius 2 is 1.73 bits per heavy atom. The monoisotopic (exact) mass is 290 g/mol. The van der Waals surface area contributed by atoms with Crippen LogP contribution in [0.25, 0.3) is 21.5 Å². The van der Waals surface area contributed by atoms with Crippen LogP contribution in [0.4, 0.5) is 0 Å². The Bertz CT molecular complexity index is 943. The maximum Gasteiger partial charge on any atom is 0.116 e. The summed E-state index contributed by atoms with van der Waals surface area (Å²) in [5.41, 5.74) is 2.66. The van der Waals surface area contributed by atoms with Crippen molar-refractivity contribution in [3.63, 3.8) is 0 Å². The first kappa shape index (κ1) is 12.5. The molecule has 110 valence electrons. The third kappa shape index (κ3) is 1.34. The fraction of sp³-hybridized carbons (Fsp3) is 0.300. The van der Waals surface area contributed by atoms with E-state index in [4.69, 9.17) is 0 Å². The summed E-state index contributed by atoms with van der Waals surface area (Å²) in [6.07, 6.45) is 1.60. The molecule has 0 amide bonds. The molecule has 0 aromatic heterocycles. The number of aliphatic hydroxyl groups is 1. The number of aromatic hydroxyl groups is 1. The molecule has 0 aliphatic heterocycles. The Hall–Kier alpha value is -2.06. The van der Waals surface area contributed by atoms with Crippen molar-refractivity contribution in [1.82, 2.24) is 0 Å². The van der Waals surface area contributed by atoms with Gasteiger partial charge >= 0.3 is 0 Å². The van der Waals surface area contributed by atoms with Crippen molar-refractivity contribution in [2.45, 2.75) is 31.3 Å². The molecule has 2 heteroatoms. The van der Waals surface area contributed by atoms with Gasteiger partial charge in [0.05, 0.1) is 6.10 Å². The number of phenolic OH excluding ortho intramolecular Hbond substituents is 1. The molecular weight excluding hydrogens is 272 g/mol. The van der Waals surface area contributed by atoms with Gasteiger partial charge in [0.1, 0.15) is 5.75 Å². The Labute approximate surface area is 129 Å². The maximum absolute atomic E-state index is 10.6. The molecule has 1 fully saturated rings. The highest BCUT2D eigenvalue weighted by Crippen LogP contribution is 2.62. The number of rotatable bonds is 0.